The number of phenols is 3. The number of carboxylic acids is 3. The minimum absolute atomic E-state index is 0.0101. The number of carboxylic acid groups (broad SMARTS) is 3. The SMILES string of the molecule is CC(C)C[C@H](NC(=O)CNC(=O)[C@H](CO)NC(=O)[C@H](CCCCN)NC(=O)c1ccc(C(=O)O)c(C2c3ccc(O)cc3Oc3cc(O)ccc32)c1)C(=O)N[C@@H](CC(=O)O)C(=O)N[C@H](C(=O)N[C@@H](CCCCN)C(=O)N[C@@H](CC(N)=O)C(=O)N[C@@H](Cc1ccc(O)cc1)C(=O)N[C@@H](CCCCN)C(=O)N[C@@H](CCC(N)=O)C(=O)N[C@H](C(=O)N[C@@H](CO)C(=O)N[C@H](C(=O)O)C(C)C)[C@@H](C)O)[C@@H](C)O. The smallest absolute Gasteiger partial charge is 0.335 e. The molecule has 0 radical (unpaired) electrons. The zero-order chi connectivity index (χ0) is 102. The molecule has 0 saturated carbocycles. The van der Waals surface area contributed by atoms with Gasteiger partial charge in [0.05, 0.1) is 50.4 Å². The number of primary amides is 2. The number of unbranched alkanes of at least 4 members (excludes halogenated alkanes) is 3. The van der Waals surface area contributed by atoms with Crippen LogP contribution in [0, 0.1) is 11.8 Å². The van der Waals surface area contributed by atoms with Crippen LogP contribution in [-0.2, 0) is 87.9 Å². The van der Waals surface area contributed by atoms with E-state index in [9.17, 15) is 142 Å². The van der Waals surface area contributed by atoms with E-state index in [1.165, 1.54) is 92.7 Å². The molecule has 137 heavy (non-hydrogen) atoms. The number of rotatable bonds is 59. The second-order valence-corrected chi connectivity index (χ2v) is 33.5. The highest BCUT2D eigenvalue weighted by Crippen LogP contribution is 2.50. The number of nitrogens with two attached hydrogens (primary N) is 5. The number of phenolic OH excluding ortho intramolecular Hbond substituents is 3. The minimum atomic E-state index is -2.14. The lowest BCUT2D eigenvalue weighted by Gasteiger charge is -2.30. The van der Waals surface area contributed by atoms with Crippen LogP contribution in [0.2, 0.25) is 0 Å². The van der Waals surface area contributed by atoms with Crippen LogP contribution in [0.5, 0.6) is 28.7 Å². The highest BCUT2D eigenvalue weighted by Gasteiger charge is 2.42. The third kappa shape index (κ3) is 36.1. The molecule has 49 heteroatoms. The van der Waals surface area contributed by atoms with Gasteiger partial charge in [-0.1, -0.05) is 52.0 Å². The lowest BCUT2D eigenvalue weighted by molar-refractivity contribution is -0.144. The highest BCUT2D eigenvalue weighted by molar-refractivity contribution is 6.03. The van der Waals surface area contributed by atoms with Gasteiger partial charge >= 0.3 is 17.9 Å². The first-order valence-corrected chi connectivity index (χ1v) is 44.1. The molecule has 34 N–H and O–H groups in total. The Balaban J connectivity index is 1.32. The van der Waals surface area contributed by atoms with Crippen molar-refractivity contribution in [3.05, 3.63) is 112 Å². The van der Waals surface area contributed by atoms with Gasteiger partial charge in [0.15, 0.2) is 0 Å². The molecular formula is C88H125N19O30. The van der Waals surface area contributed by atoms with Crippen LogP contribution in [-0.4, -0.2) is 294 Å². The first kappa shape index (κ1) is 113. The van der Waals surface area contributed by atoms with Gasteiger partial charge in [-0.05, 0) is 170 Å². The molecule has 752 valence electrons. The fraction of sp³-hybridized carbons (Fsp3) is 0.511. The van der Waals surface area contributed by atoms with Gasteiger partial charge in [0.25, 0.3) is 5.91 Å². The van der Waals surface area contributed by atoms with Crippen molar-refractivity contribution < 1.29 is 147 Å². The van der Waals surface area contributed by atoms with E-state index in [2.05, 4.69) is 74.4 Å². The molecule has 15 atom stereocenters. The van der Waals surface area contributed by atoms with Crippen molar-refractivity contribution in [3.63, 3.8) is 0 Å². The molecule has 5 rings (SSSR count). The minimum Gasteiger partial charge on any atom is -0.508 e. The standard InChI is InChI=1S/C88H125N19O30/c1-41(2)31-58(95-68(117)38-94-75(121)62(39-108)103-78(124)54(13-7-10-28-89)96-74(120)46-18-23-50(87(133)134)53(33-46)70-51-24-21-48(113)34-64(51)137-65-35-49(114)22-25-52(65)70)80(126)102-61(37-69(118)119)83(129)107-72(43(5)110)85(131)99-56(15-9-12-30-91)77(123)101-60(36-67(93)116)82(128)100-59(32-45-16-19-47(112)20-17-45)81(127)97-55(14-8-11-29-90)76(122)98-57(26-27-66(92)115)79(125)106-73(44(6)111)86(132)104-63(40-109)84(130)105-71(42(3)4)88(135)136/h16-25,33-35,41-44,54-63,70-73,108-114H,7-15,26-32,36-40,89-91H2,1-6H3,(H2,92,115)(H2,93,116)(H,94,121)(H,95,117)(H,96,120)(H,97,127)(H,98,122)(H,99,131)(H,100,128)(H,101,123)(H,102,126)(H,103,124)(H,104,132)(H,105,130)(H,106,125)(H,107,129)(H,118,119)(H,133,134)(H,135,136)/t43-,44-,54+,55+,56+,57+,58+,59+,60+,61+,62+,63+,71+,72+,73+/m1/s1. The van der Waals surface area contributed by atoms with Crippen LogP contribution in [0.1, 0.15) is 180 Å². The van der Waals surface area contributed by atoms with E-state index >= 15 is 0 Å². The quantitative estimate of drug-likeness (QED) is 0.0161. The van der Waals surface area contributed by atoms with Crippen molar-refractivity contribution >= 4 is 112 Å². The van der Waals surface area contributed by atoms with E-state index in [0.717, 1.165) is 13.8 Å². The number of aliphatic carboxylic acids is 2. The third-order valence-electron chi connectivity index (χ3n) is 21.6. The molecule has 4 aromatic carbocycles. The third-order valence-corrected chi connectivity index (χ3v) is 21.6. The van der Waals surface area contributed by atoms with Gasteiger partial charge in [-0.15, -0.1) is 0 Å². The van der Waals surface area contributed by atoms with Crippen molar-refractivity contribution in [2.24, 2.45) is 40.5 Å². The maximum absolute atomic E-state index is 14.8. The van der Waals surface area contributed by atoms with Crippen LogP contribution in [0.25, 0.3) is 0 Å². The van der Waals surface area contributed by atoms with Gasteiger partial charge in [-0.25, -0.2) is 9.59 Å². The van der Waals surface area contributed by atoms with E-state index in [-0.39, 0.29) is 128 Å². The van der Waals surface area contributed by atoms with Gasteiger partial charge in [-0.2, -0.15) is 0 Å². The molecule has 4 aromatic rings. The molecule has 49 nitrogen and oxygen atoms in total. The maximum atomic E-state index is 14.8. The molecule has 0 spiro atoms. The fourth-order valence-corrected chi connectivity index (χ4v) is 14.3. The Kier molecular flexibility index (Phi) is 45.9. The molecule has 16 amide bonds. The number of hydrogen-bond donors (Lipinski definition) is 29. The number of benzene rings is 4. The molecule has 1 aliphatic rings. The summed E-state index contributed by atoms with van der Waals surface area (Å²) in [5.41, 5.74) is 29.0. The largest absolute Gasteiger partial charge is 0.508 e. The molecule has 1 heterocycles. The second kappa shape index (κ2) is 55.5. The Hall–Kier alpha value is -14.3. The summed E-state index contributed by atoms with van der Waals surface area (Å²) in [6.07, 6.45) is -7.63. The average molecular weight is 1930 g/mol. The van der Waals surface area contributed by atoms with Gasteiger partial charge in [0.1, 0.15) is 107 Å². The van der Waals surface area contributed by atoms with Crippen molar-refractivity contribution in [2.45, 2.75) is 235 Å². The number of nitrogens with one attached hydrogen (secondary N) is 14. The van der Waals surface area contributed by atoms with Gasteiger partial charge in [0, 0.05) is 47.6 Å². The number of amides is 16. The molecule has 0 aromatic heterocycles. The number of aliphatic hydroxyl groups excluding tert-OH is 4. The van der Waals surface area contributed by atoms with Crippen molar-refractivity contribution in [1.82, 2.24) is 74.4 Å². The van der Waals surface area contributed by atoms with Crippen molar-refractivity contribution in [1.29, 1.82) is 0 Å². The first-order valence-electron chi connectivity index (χ1n) is 44.1. The molecule has 0 bridgehead atoms. The van der Waals surface area contributed by atoms with Crippen LogP contribution >= 0.6 is 0 Å². The number of carbonyl (C=O) groups is 19. The Morgan fingerprint density at radius 2 is 0.781 bits per heavy atom. The maximum Gasteiger partial charge on any atom is 0.335 e. The van der Waals surface area contributed by atoms with E-state index in [0.29, 0.717) is 17.5 Å². The number of aromatic carboxylic acids is 1. The first-order chi connectivity index (χ1) is 64.6. The predicted molar refractivity (Wildman–Crippen MR) is 483 cm³/mol. The number of fused-ring (bicyclic) bond motifs is 2. The molecule has 1 aliphatic heterocycles. The summed E-state index contributed by atoms with van der Waals surface area (Å²) in [4.78, 5) is 260. The molecule has 0 fully saturated rings. The zero-order valence-corrected chi connectivity index (χ0v) is 76.3. The summed E-state index contributed by atoms with van der Waals surface area (Å²) in [7, 11) is 0. The average Bonchev–Trinajstić information content (AvgIpc) is 0.744. The monoisotopic (exact) mass is 1930 g/mol. The summed E-state index contributed by atoms with van der Waals surface area (Å²) < 4.78 is 5.97. The molecule has 0 unspecified atom stereocenters. The number of ether oxygens (including phenoxy) is 1. The predicted octanol–water partition coefficient (Wildman–Crippen LogP) is -6.40. The van der Waals surface area contributed by atoms with Gasteiger partial charge in [0.2, 0.25) is 88.6 Å². The molecular weight excluding hydrogens is 1800 g/mol. The van der Waals surface area contributed by atoms with Crippen molar-refractivity contribution in [2.75, 3.05) is 39.4 Å². The summed E-state index contributed by atoms with van der Waals surface area (Å²) in [5.74, 6) is -26.2. The normalized spacial score (nSPS) is 14.9. The van der Waals surface area contributed by atoms with E-state index < -0.39 is 273 Å². The number of hydrogen-bond acceptors (Lipinski definition) is 30. The fourth-order valence-electron chi connectivity index (χ4n) is 14.3. The van der Waals surface area contributed by atoms with Crippen LogP contribution in [0.4, 0.5) is 0 Å². The zero-order valence-electron chi connectivity index (χ0n) is 76.3. The van der Waals surface area contributed by atoms with E-state index in [1.807, 2.05) is 0 Å². The number of aliphatic hydroxyl groups is 4. The van der Waals surface area contributed by atoms with Crippen LogP contribution in [0.15, 0.2) is 78.9 Å². The Bertz CT molecular complexity index is 4890. The number of aromatic hydroxyl groups is 3. The summed E-state index contributed by atoms with van der Waals surface area (Å²) >= 11 is 0. The summed E-state index contributed by atoms with van der Waals surface area (Å²) in [6.45, 7) is 5.18. The molecule has 0 saturated heterocycles. The Labute approximate surface area is 785 Å². The molecule has 0 aliphatic carbocycles. The Morgan fingerprint density at radius 3 is 1.23 bits per heavy atom. The summed E-state index contributed by atoms with van der Waals surface area (Å²) in [5, 5.41) is 135. The number of carbonyl (C=O) groups excluding carboxylic acids is 16. The second-order valence-electron chi connectivity index (χ2n) is 33.5. The van der Waals surface area contributed by atoms with Gasteiger partial charge in [-0.3, -0.25) is 81.5 Å². The Morgan fingerprint density at radius 1 is 0.387 bits per heavy atom. The lowest BCUT2D eigenvalue weighted by atomic mass is 9.80. The van der Waals surface area contributed by atoms with Crippen LogP contribution < -0.4 is 108 Å². The summed E-state index contributed by atoms with van der Waals surface area (Å²) in [6, 6.07) is -6.77. The van der Waals surface area contributed by atoms with Gasteiger partial charge < -0.3 is 159 Å². The highest BCUT2D eigenvalue weighted by atomic mass is 16.5. The van der Waals surface area contributed by atoms with Crippen LogP contribution in [0.3, 0.4) is 0 Å². The van der Waals surface area contributed by atoms with E-state index in [1.54, 1.807) is 13.8 Å². The topological polar surface area (TPSA) is 834 Å². The van der Waals surface area contributed by atoms with E-state index in [4.69, 9.17) is 33.4 Å². The lowest BCUT2D eigenvalue weighted by Crippen LogP contribution is -2.62. The van der Waals surface area contributed by atoms with Crippen molar-refractivity contribution in [3.8, 4) is 28.7 Å².